The minimum absolute atomic E-state index is 0.0000857. The van der Waals surface area contributed by atoms with Crippen LogP contribution in [0.4, 0.5) is 10.5 Å². The number of alkyl carbamates (subject to hydrolysis) is 1. The van der Waals surface area contributed by atoms with Crippen LogP contribution in [-0.4, -0.2) is 36.2 Å². The number of unbranched alkanes of at least 4 members (excludes halogenated alkanes) is 1. The zero-order valence-corrected chi connectivity index (χ0v) is 19.7. The van der Waals surface area contributed by atoms with Crippen LogP contribution in [0.3, 0.4) is 0 Å². The Kier molecular flexibility index (Phi) is 7.67. The zero-order valence-electron chi connectivity index (χ0n) is 18.9. The molecule has 0 atom stereocenters. The molecule has 1 aliphatic rings. The van der Waals surface area contributed by atoms with Gasteiger partial charge in [0.1, 0.15) is 6.61 Å². The number of carboxylic acids is 1. The largest absolute Gasteiger partial charge is 0.478 e. The monoisotopic (exact) mass is 492 g/mol. The van der Waals surface area contributed by atoms with Gasteiger partial charge in [0, 0.05) is 29.6 Å². The van der Waals surface area contributed by atoms with E-state index in [1.54, 1.807) is 0 Å². The maximum atomic E-state index is 12.2. The van der Waals surface area contributed by atoms with Crippen LogP contribution < -0.4 is 10.6 Å². The highest BCUT2D eigenvalue weighted by Gasteiger charge is 2.28. The number of hydrogen-bond donors (Lipinski definition) is 3. The van der Waals surface area contributed by atoms with Crippen molar-refractivity contribution in [3.63, 3.8) is 0 Å². The van der Waals surface area contributed by atoms with Gasteiger partial charge in [-0.25, -0.2) is 9.59 Å². The first-order valence-electron chi connectivity index (χ1n) is 11.3. The first-order chi connectivity index (χ1) is 16.9. The van der Waals surface area contributed by atoms with Crippen molar-refractivity contribution in [2.45, 2.75) is 25.2 Å². The lowest BCUT2D eigenvalue weighted by Gasteiger charge is -2.14. The van der Waals surface area contributed by atoms with Crippen molar-refractivity contribution < 1.29 is 24.2 Å². The lowest BCUT2D eigenvalue weighted by Crippen LogP contribution is -2.27. The molecule has 0 radical (unpaired) electrons. The summed E-state index contributed by atoms with van der Waals surface area (Å²) >= 11 is 5.90. The summed E-state index contributed by atoms with van der Waals surface area (Å²) in [7, 11) is 0. The smallest absolute Gasteiger partial charge is 0.407 e. The van der Waals surface area contributed by atoms with Crippen LogP contribution in [-0.2, 0) is 9.53 Å². The fourth-order valence-electron chi connectivity index (χ4n) is 4.26. The van der Waals surface area contributed by atoms with E-state index in [0.29, 0.717) is 25.1 Å². The highest BCUT2D eigenvalue weighted by atomic mass is 35.5. The molecule has 8 heteroatoms. The number of carboxylic acid groups (broad SMARTS) is 1. The van der Waals surface area contributed by atoms with E-state index in [9.17, 15) is 14.4 Å². The highest BCUT2D eigenvalue weighted by molar-refractivity contribution is 6.31. The Morgan fingerprint density at radius 3 is 2.23 bits per heavy atom. The normalized spacial score (nSPS) is 11.9. The summed E-state index contributed by atoms with van der Waals surface area (Å²) in [5, 5.41) is 14.7. The fourth-order valence-corrected chi connectivity index (χ4v) is 4.49. The molecule has 0 aromatic heterocycles. The molecule has 0 fully saturated rings. The van der Waals surface area contributed by atoms with Crippen LogP contribution in [0.2, 0.25) is 5.02 Å². The van der Waals surface area contributed by atoms with Gasteiger partial charge in [0.25, 0.3) is 0 Å². The molecule has 0 aliphatic heterocycles. The van der Waals surface area contributed by atoms with E-state index in [1.807, 2.05) is 24.3 Å². The van der Waals surface area contributed by atoms with E-state index in [1.165, 1.54) is 29.3 Å². The van der Waals surface area contributed by atoms with Gasteiger partial charge in [-0.15, -0.1) is 0 Å². The molecule has 0 heterocycles. The van der Waals surface area contributed by atoms with Crippen molar-refractivity contribution in [1.29, 1.82) is 0 Å². The van der Waals surface area contributed by atoms with E-state index in [4.69, 9.17) is 21.4 Å². The van der Waals surface area contributed by atoms with Gasteiger partial charge in [0.2, 0.25) is 5.91 Å². The average molecular weight is 493 g/mol. The number of ether oxygens (including phenoxy) is 1. The van der Waals surface area contributed by atoms with Gasteiger partial charge in [-0.05, 0) is 53.3 Å². The van der Waals surface area contributed by atoms with Gasteiger partial charge in [-0.1, -0.05) is 60.1 Å². The maximum Gasteiger partial charge on any atom is 0.407 e. The van der Waals surface area contributed by atoms with Crippen molar-refractivity contribution in [3.8, 4) is 11.1 Å². The number of amides is 2. The molecule has 3 aromatic rings. The molecule has 4 rings (SSSR count). The summed E-state index contributed by atoms with van der Waals surface area (Å²) in [6, 6.07) is 20.5. The molecule has 180 valence electrons. The number of hydrogen-bond acceptors (Lipinski definition) is 4. The molecule has 35 heavy (non-hydrogen) atoms. The Labute approximate surface area is 208 Å². The summed E-state index contributed by atoms with van der Waals surface area (Å²) in [6.45, 7) is 0.629. The van der Waals surface area contributed by atoms with E-state index in [2.05, 4.69) is 34.9 Å². The summed E-state index contributed by atoms with van der Waals surface area (Å²) in [5.74, 6) is -1.38. The molecule has 0 bridgehead atoms. The minimum atomic E-state index is -1.12. The van der Waals surface area contributed by atoms with Gasteiger partial charge in [-0.2, -0.15) is 0 Å². The quantitative estimate of drug-likeness (QED) is 0.333. The summed E-state index contributed by atoms with van der Waals surface area (Å²) in [5.41, 5.74) is 4.99. The molecular formula is C27H25ClN2O5. The molecule has 3 aromatic carbocycles. The number of benzene rings is 3. The highest BCUT2D eigenvalue weighted by Crippen LogP contribution is 2.44. The van der Waals surface area contributed by atoms with E-state index < -0.39 is 12.1 Å². The molecule has 7 nitrogen and oxygen atoms in total. The molecule has 0 saturated carbocycles. The Balaban J connectivity index is 1.18. The topological polar surface area (TPSA) is 105 Å². The van der Waals surface area contributed by atoms with Gasteiger partial charge >= 0.3 is 12.1 Å². The Bertz CT molecular complexity index is 1210. The lowest BCUT2D eigenvalue weighted by atomic mass is 9.98. The summed E-state index contributed by atoms with van der Waals surface area (Å²) in [4.78, 5) is 35.5. The molecule has 1 aliphatic carbocycles. The number of carbonyl (C=O) groups is 3. The SMILES string of the molecule is O=C(CCCCNC(=O)OCC1c2ccccc2-c2ccccc21)Nc1cc(Cl)cc(C(=O)O)c1. The van der Waals surface area contributed by atoms with Gasteiger partial charge in [-0.3, -0.25) is 4.79 Å². The van der Waals surface area contributed by atoms with Crippen molar-refractivity contribution in [3.05, 3.63) is 88.4 Å². The van der Waals surface area contributed by atoms with Crippen LogP contribution in [0.5, 0.6) is 0 Å². The second kappa shape index (κ2) is 11.1. The van der Waals surface area contributed by atoms with E-state index in [-0.39, 0.29) is 35.4 Å². The van der Waals surface area contributed by atoms with Crippen molar-refractivity contribution in [1.82, 2.24) is 5.32 Å². The fraction of sp³-hybridized carbons (Fsp3) is 0.222. The van der Waals surface area contributed by atoms with Crippen LogP contribution in [0, 0.1) is 0 Å². The number of nitrogens with one attached hydrogen (secondary N) is 2. The predicted molar refractivity (Wildman–Crippen MR) is 134 cm³/mol. The third-order valence-electron chi connectivity index (χ3n) is 5.87. The van der Waals surface area contributed by atoms with Crippen LogP contribution in [0.25, 0.3) is 11.1 Å². The van der Waals surface area contributed by atoms with Crippen LogP contribution >= 0.6 is 11.6 Å². The number of anilines is 1. The van der Waals surface area contributed by atoms with Gasteiger partial charge in [0.15, 0.2) is 0 Å². The first kappa shape index (κ1) is 24.3. The number of fused-ring (bicyclic) bond motifs is 3. The number of carbonyl (C=O) groups excluding carboxylic acids is 2. The maximum absolute atomic E-state index is 12.2. The third-order valence-corrected chi connectivity index (χ3v) is 6.09. The first-order valence-corrected chi connectivity index (χ1v) is 11.7. The Morgan fingerprint density at radius 1 is 0.914 bits per heavy atom. The zero-order chi connectivity index (χ0) is 24.8. The minimum Gasteiger partial charge on any atom is -0.478 e. The number of rotatable bonds is 9. The molecule has 0 spiro atoms. The second-order valence-electron chi connectivity index (χ2n) is 8.29. The Morgan fingerprint density at radius 2 is 1.57 bits per heavy atom. The third kappa shape index (κ3) is 6.00. The van der Waals surface area contributed by atoms with Crippen molar-refractivity contribution in [2.75, 3.05) is 18.5 Å². The summed E-state index contributed by atoms with van der Waals surface area (Å²) in [6.07, 6.45) is 0.868. The molecule has 2 amide bonds. The summed E-state index contributed by atoms with van der Waals surface area (Å²) < 4.78 is 5.50. The van der Waals surface area contributed by atoms with Crippen molar-refractivity contribution >= 4 is 35.3 Å². The Hall–Kier alpha value is -3.84. The van der Waals surface area contributed by atoms with Crippen LogP contribution in [0.1, 0.15) is 46.7 Å². The number of aromatic carboxylic acids is 1. The molecule has 3 N–H and O–H groups in total. The molecule has 0 unspecified atom stereocenters. The van der Waals surface area contributed by atoms with Crippen LogP contribution in [0.15, 0.2) is 66.7 Å². The lowest BCUT2D eigenvalue weighted by molar-refractivity contribution is -0.116. The molecular weight excluding hydrogens is 468 g/mol. The number of halogens is 1. The second-order valence-corrected chi connectivity index (χ2v) is 8.73. The predicted octanol–water partition coefficient (Wildman–Crippen LogP) is 5.69. The van der Waals surface area contributed by atoms with E-state index in [0.717, 1.165) is 11.1 Å². The molecule has 0 saturated heterocycles. The van der Waals surface area contributed by atoms with E-state index >= 15 is 0 Å². The van der Waals surface area contributed by atoms with Crippen molar-refractivity contribution in [2.24, 2.45) is 0 Å². The standard InChI is InChI=1S/C27H25ClN2O5/c28-18-13-17(26(32)33)14-19(15-18)30-25(31)11-5-6-12-29-27(34)35-16-24-22-9-3-1-7-20(22)21-8-2-4-10-23(21)24/h1-4,7-10,13-15,24H,5-6,11-12,16H2,(H,29,34)(H,30,31)(H,32,33). The average Bonchev–Trinajstić information content (AvgIpc) is 3.16. The van der Waals surface area contributed by atoms with Gasteiger partial charge in [0.05, 0.1) is 5.56 Å². The van der Waals surface area contributed by atoms with Gasteiger partial charge < -0.3 is 20.5 Å².